The highest BCUT2D eigenvalue weighted by atomic mass is 16.1. The Balaban J connectivity index is 1.73. The van der Waals surface area contributed by atoms with E-state index < -0.39 is 0 Å². The topological polar surface area (TPSA) is 58.1 Å². The van der Waals surface area contributed by atoms with Crippen LogP contribution >= 0.6 is 0 Å². The Labute approximate surface area is 149 Å². The first-order chi connectivity index (χ1) is 12.2. The number of nitrogens with one attached hydrogen (secondary N) is 1. The Morgan fingerprint density at radius 2 is 1.80 bits per heavy atom. The fraction of sp³-hybridized carbons (Fsp3) is 0.450. The Morgan fingerprint density at radius 3 is 2.44 bits per heavy atom. The van der Waals surface area contributed by atoms with Gasteiger partial charge in [-0.3, -0.25) is 4.79 Å². The maximum Gasteiger partial charge on any atom is 0.258 e. The molecule has 0 radical (unpaired) electrons. The fourth-order valence-corrected chi connectivity index (χ4v) is 3.26. The van der Waals surface area contributed by atoms with Crippen molar-refractivity contribution >= 4 is 17.5 Å². The van der Waals surface area contributed by atoms with Gasteiger partial charge in [0.25, 0.3) is 5.91 Å². The molecule has 1 aliphatic rings. The summed E-state index contributed by atoms with van der Waals surface area (Å²) < 4.78 is 0. The molecule has 1 aliphatic heterocycles. The number of carbonyl (C=O) groups is 1. The molecule has 1 N–H and O–H groups in total. The van der Waals surface area contributed by atoms with Crippen LogP contribution in [0.5, 0.6) is 0 Å². The summed E-state index contributed by atoms with van der Waals surface area (Å²) in [7, 11) is 0. The molecule has 132 valence electrons. The zero-order valence-electron chi connectivity index (χ0n) is 15.1. The molecule has 1 saturated heterocycles. The van der Waals surface area contributed by atoms with Crippen molar-refractivity contribution in [2.45, 2.75) is 46.0 Å². The maximum absolute atomic E-state index is 12.6. The van der Waals surface area contributed by atoms with Crippen LogP contribution in [0.15, 0.2) is 30.6 Å². The summed E-state index contributed by atoms with van der Waals surface area (Å²) in [6.45, 7) is 6.08. The first-order valence-corrected chi connectivity index (χ1v) is 9.16. The van der Waals surface area contributed by atoms with Crippen LogP contribution < -0.4 is 10.2 Å². The number of carbonyl (C=O) groups excluding carboxylic acids is 1. The lowest BCUT2D eigenvalue weighted by molar-refractivity contribution is 0.102. The van der Waals surface area contributed by atoms with Crippen LogP contribution in [0.25, 0.3) is 0 Å². The van der Waals surface area contributed by atoms with Crippen LogP contribution in [-0.4, -0.2) is 29.0 Å². The Hall–Kier alpha value is -2.43. The van der Waals surface area contributed by atoms with Crippen molar-refractivity contribution in [2.75, 3.05) is 23.3 Å². The Kier molecular flexibility index (Phi) is 5.64. The maximum atomic E-state index is 12.6. The van der Waals surface area contributed by atoms with Gasteiger partial charge in [0.05, 0.1) is 5.56 Å². The number of nitrogens with zero attached hydrogens (tertiary/aromatic N) is 3. The number of para-hydroxylation sites is 1. The highest BCUT2D eigenvalue weighted by Gasteiger charge is 2.15. The quantitative estimate of drug-likeness (QED) is 0.916. The minimum absolute atomic E-state index is 0.161. The van der Waals surface area contributed by atoms with E-state index in [0.717, 1.165) is 42.3 Å². The van der Waals surface area contributed by atoms with Crippen molar-refractivity contribution in [3.8, 4) is 0 Å². The van der Waals surface area contributed by atoms with E-state index in [2.05, 4.69) is 27.1 Å². The summed E-state index contributed by atoms with van der Waals surface area (Å²) in [6, 6.07) is 6.07. The third-order valence-corrected chi connectivity index (χ3v) is 4.77. The first kappa shape index (κ1) is 17.4. The molecular formula is C20H26N4O. The van der Waals surface area contributed by atoms with Gasteiger partial charge >= 0.3 is 0 Å². The van der Waals surface area contributed by atoms with Gasteiger partial charge < -0.3 is 10.2 Å². The van der Waals surface area contributed by atoms with Crippen molar-refractivity contribution in [1.82, 2.24) is 9.97 Å². The van der Waals surface area contributed by atoms with Crippen LogP contribution in [0.1, 0.15) is 54.1 Å². The van der Waals surface area contributed by atoms with E-state index in [-0.39, 0.29) is 5.91 Å². The molecule has 25 heavy (non-hydrogen) atoms. The normalized spacial score (nSPS) is 14.9. The van der Waals surface area contributed by atoms with Crippen molar-refractivity contribution in [1.29, 1.82) is 0 Å². The fourth-order valence-electron chi connectivity index (χ4n) is 3.26. The minimum Gasteiger partial charge on any atom is -0.341 e. The molecule has 1 amide bonds. The standard InChI is InChI=1S/C20H26N4O/c1-3-16-10-8-9-15(2)18(16)23-19(25)17-13-21-20(22-14-17)24-11-6-4-5-7-12-24/h8-10,13-14H,3-7,11-12H2,1-2H3,(H,23,25). The Bertz CT molecular complexity index is 719. The van der Waals surface area contributed by atoms with E-state index in [4.69, 9.17) is 0 Å². The third kappa shape index (κ3) is 4.16. The summed E-state index contributed by atoms with van der Waals surface area (Å²) in [5.41, 5.74) is 3.58. The van der Waals surface area contributed by atoms with Gasteiger partial charge in [-0.25, -0.2) is 9.97 Å². The monoisotopic (exact) mass is 338 g/mol. The summed E-state index contributed by atoms with van der Waals surface area (Å²) in [5.74, 6) is 0.565. The zero-order valence-corrected chi connectivity index (χ0v) is 15.1. The second-order valence-corrected chi connectivity index (χ2v) is 6.59. The number of rotatable bonds is 4. The van der Waals surface area contributed by atoms with Crippen molar-refractivity contribution in [3.05, 3.63) is 47.3 Å². The number of aromatic nitrogens is 2. The number of amides is 1. The first-order valence-electron chi connectivity index (χ1n) is 9.16. The highest BCUT2D eigenvalue weighted by molar-refractivity contribution is 6.04. The number of aryl methyl sites for hydroxylation is 2. The lowest BCUT2D eigenvalue weighted by atomic mass is 10.1. The summed E-state index contributed by atoms with van der Waals surface area (Å²) in [6.07, 6.45) is 9.04. The van der Waals surface area contributed by atoms with Crippen LogP contribution in [0.2, 0.25) is 0 Å². The van der Waals surface area contributed by atoms with E-state index in [1.807, 2.05) is 25.1 Å². The molecule has 0 atom stereocenters. The predicted octanol–water partition coefficient (Wildman–Crippen LogP) is 3.98. The SMILES string of the molecule is CCc1cccc(C)c1NC(=O)c1cnc(N2CCCCCC2)nc1. The summed E-state index contributed by atoms with van der Waals surface area (Å²) in [4.78, 5) is 23.6. The van der Waals surface area contributed by atoms with E-state index in [1.54, 1.807) is 12.4 Å². The van der Waals surface area contributed by atoms with E-state index in [0.29, 0.717) is 5.56 Å². The summed E-state index contributed by atoms with van der Waals surface area (Å²) >= 11 is 0. The minimum atomic E-state index is -0.161. The van der Waals surface area contributed by atoms with Crippen molar-refractivity contribution in [2.24, 2.45) is 0 Å². The van der Waals surface area contributed by atoms with Crippen LogP contribution in [0.4, 0.5) is 11.6 Å². The number of anilines is 2. The second kappa shape index (κ2) is 8.10. The molecule has 0 bridgehead atoms. The van der Waals surface area contributed by atoms with Crippen LogP contribution in [0, 0.1) is 6.92 Å². The van der Waals surface area contributed by atoms with Gasteiger partial charge in [-0.1, -0.05) is 38.0 Å². The molecular weight excluding hydrogens is 312 g/mol. The number of hydrogen-bond acceptors (Lipinski definition) is 4. The van der Waals surface area contributed by atoms with E-state index in [1.165, 1.54) is 25.7 Å². The molecule has 5 nitrogen and oxygen atoms in total. The number of benzene rings is 1. The second-order valence-electron chi connectivity index (χ2n) is 6.59. The van der Waals surface area contributed by atoms with Gasteiger partial charge in [0.1, 0.15) is 0 Å². The van der Waals surface area contributed by atoms with Crippen LogP contribution in [0.3, 0.4) is 0 Å². The third-order valence-electron chi connectivity index (χ3n) is 4.77. The largest absolute Gasteiger partial charge is 0.341 e. The lowest BCUT2D eigenvalue weighted by Gasteiger charge is -2.20. The van der Waals surface area contributed by atoms with Gasteiger partial charge in [-0.15, -0.1) is 0 Å². The van der Waals surface area contributed by atoms with E-state index >= 15 is 0 Å². The smallest absolute Gasteiger partial charge is 0.258 e. The van der Waals surface area contributed by atoms with Gasteiger partial charge in [0, 0.05) is 31.2 Å². The molecule has 1 aromatic carbocycles. The zero-order chi connectivity index (χ0) is 17.6. The van der Waals surface area contributed by atoms with Gasteiger partial charge in [0.15, 0.2) is 0 Å². The number of hydrogen-bond donors (Lipinski definition) is 1. The van der Waals surface area contributed by atoms with Crippen molar-refractivity contribution in [3.63, 3.8) is 0 Å². The van der Waals surface area contributed by atoms with E-state index in [9.17, 15) is 4.79 Å². The highest BCUT2D eigenvalue weighted by Crippen LogP contribution is 2.22. The lowest BCUT2D eigenvalue weighted by Crippen LogP contribution is -2.26. The molecule has 0 spiro atoms. The average molecular weight is 338 g/mol. The average Bonchev–Trinajstić information content (AvgIpc) is 2.93. The van der Waals surface area contributed by atoms with Gasteiger partial charge in [-0.2, -0.15) is 0 Å². The molecule has 0 saturated carbocycles. The molecule has 1 fully saturated rings. The van der Waals surface area contributed by atoms with Crippen molar-refractivity contribution < 1.29 is 4.79 Å². The molecule has 0 aliphatic carbocycles. The summed E-state index contributed by atoms with van der Waals surface area (Å²) in [5, 5.41) is 3.02. The Morgan fingerprint density at radius 1 is 1.12 bits per heavy atom. The molecule has 3 rings (SSSR count). The van der Waals surface area contributed by atoms with Crippen LogP contribution in [-0.2, 0) is 6.42 Å². The van der Waals surface area contributed by atoms with Gasteiger partial charge in [-0.05, 0) is 37.3 Å². The van der Waals surface area contributed by atoms with Gasteiger partial charge in [0.2, 0.25) is 5.95 Å². The molecule has 2 heterocycles. The molecule has 0 unspecified atom stereocenters. The molecule has 5 heteroatoms. The molecule has 2 aromatic rings. The molecule has 1 aromatic heterocycles. The predicted molar refractivity (Wildman–Crippen MR) is 101 cm³/mol.